The summed E-state index contributed by atoms with van der Waals surface area (Å²) in [5.41, 5.74) is 0.245. The molecular formula is C13H20N6O3S. The van der Waals surface area contributed by atoms with Crippen LogP contribution in [0.1, 0.15) is 19.9 Å². The standard InChI is InChI=1S/C13H20N6O3S/c1-9(2)19-7-11(15-8-19)23(20,21)17-10-6-14-13(22-5)16-12(10)18(3)4/h6-9,17H,1-5H3. The van der Waals surface area contributed by atoms with Gasteiger partial charge in [-0.25, -0.2) is 9.97 Å². The molecule has 126 valence electrons. The fourth-order valence-corrected chi connectivity index (χ4v) is 2.79. The van der Waals surface area contributed by atoms with Gasteiger partial charge in [0, 0.05) is 26.3 Å². The van der Waals surface area contributed by atoms with Crippen LogP contribution in [0.15, 0.2) is 23.7 Å². The van der Waals surface area contributed by atoms with Gasteiger partial charge in [0.2, 0.25) is 0 Å². The summed E-state index contributed by atoms with van der Waals surface area (Å²) in [6.07, 6.45) is 4.32. The van der Waals surface area contributed by atoms with Gasteiger partial charge in [-0.2, -0.15) is 13.4 Å². The Balaban J connectivity index is 2.36. The number of aromatic nitrogens is 4. The number of ether oxygens (including phenoxy) is 1. The van der Waals surface area contributed by atoms with E-state index in [0.717, 1.165) is 0 Å². The summed E-state index contributed by atoms with van der Waals surface area (Å²) in [4.78, 5) is 13.7. The van der Waals surface area contributed by atoms with Crippen molar-refractivity contribution in [1.82, 2.24) is 19.5 Å². The maximum atomic E-state index is 12.5. The highest BCUT2D eigenvalue weighted by molar-refractivity contribution is 7.92. The number of anilines is 2. The minimum absolute atomic E-state index is 0.0632. The fourth-order valence-electron chi connectivity index (χ4n) is 1.80. The van der Waals surface area contributed by atoms with E-state index in [1.165, 1.54) is 25.8 Å². The Morgan fingerprint density at radius 1 is 1.30 bits per heavy atom. The topological polar surface area (TPSA) is 102 Å². The minimum atomic E-state index is -3.83. The molecule has 0 fully saturated rings. The summed E-state index contributed by atoms with van der Waals surface area (Å²) < 4.78 is 34.1. The van der Waals surface area contributed by atoms with Gasteiger partial charge in [-0.1, -0.05) is 0 Å². The van der Waals surface area contributed by atoms with Crippen LogP contribution in [0.25, 0.3) is 0 Å². The van der Waals surface area contributed by atoms with E-state index in [9.17, 15) is 8.42 Å². The number of nitrogens with zero attached hydrogens (tertiary/aromatic N) is 5. The summed E-state index contributed by atoms with van der Waals surface area (Å²) in [7, 11) is 1.10. The molecule has 0 saturated heterocycles. The zero-order valence-electron chi connectivity index (χ0n) is 13.7. The summed E-state index contributed by atoms with van der Waals surface area (Å²) in [6, 6.07) is 0.272. The number of nitrogens with one attached hydrogen (secondary N) is 1. The van der Waals surface area contributed by atoms with Crippen LogP contribution in [0.4, 0.5) is 11.5 Å². The molecule has 0 aliphatic heterocycles. The third kappa shape index (κ3) is 3.70. The molecule has 0 aliphatic rings. The normalized spacial score (nSPS) is 11.6. The molecule has 0 spiro atoms. The average molecular weight is 340 g/mol. The van der Waals surface area contributed by atoms with Crippen LogP contribution in [-0.4, -0.2) is 49.1 Å². The second kappa shape index (κ2) is 6.41. The highest BCUT2D eigenvalue weighted by Gasteiger charge is 2.21. The molecule has 2 heterocycles. The van der Waals surface area contributed by atoms with Crippen molar-refractivity contribution in [2.24, 2.45) is 0 Å². The van der Waals surface area contributed by atoms with Crippen LogP contribution in [0.2, 0.25) is 0 Å². The van der Waals surface area contributed by atoms with Crippen molar-refractivity contribution >= 4 is 21.5 Å². The third-order valence-electron chi connectivity index (χ3n) is 3.05. The predicted molar refractivity (Wildman–Crippen MR) is 86.3 cm³/mol. The first kappa shape index (κ1) is 17.0. The average Bonchev–Trinajstić information content (AvgIpc) is 2.98. The van der Waals surface area contributed by atoms with E-state index in [1.807, 2.05) is 13.8 Å². The molecule has 2 aromatic rings. The molecule has 0 amide bonds. The van der Waals surface area contributed by atoms with Crippen molar-refractivity contribution in [2.45, 2.75) is 24.9 Å². The summed E-state index contributed by atoms with van der Waals surface area (Å²) >= 11 is 0. The Hall–Kier alpha value is -2.36. The monoisotopic (exact) mass is 340 g/mol. The Morgan fingerprint density at radius 3 is 2.52 bits per heavy atom. The second-order valence-corrected chi connectivity index (χ2v) is 6.98. The first-order chi connectivity index (χ1) is 10.7. The first-order valence-corrected chi connectivity index (χ1v) is 8.37. The van der Waals surface area contributed by atoms with Crippen molar-refractivity contribution in [3.63, 3.8) is 0 Å². The first-order valence-electron chi connectivity index (χ1n) is 6.89. The maximum absolute atomic E-state index is 12.5. The fraction of sp³-hybridized carbons (Fsp3) is 0.462. The molecule has 0 aliphatic carbocycles. The molecular weight excluding hydrogens is 320 g/mol. The van der Waals surface area contributed by atoms with Gasteiger partial charge in [0.25, 0.3) is 10.0 Å². The summed E-state index contributed by atoms with van der Waals surface area (Å²) in [6.45, 7) is 3.87. The van der Waals surface area contributed by atoms with Crippen molar-refractivity contribution in [3.8, 4) is 6.01 Å². The number of methoxy groups -OCH3 is 1. The van der Waals surface area contributed by atoms with Gasteiger partial charge in [-0.05, 0) is 13.8 Å². The quantitative estimate of drug-likeness (QED) is 0.841. The van der Waals surface area contributed by atoms with Crippen LogP contribution in [0.5, 0.6) is 6.01 Å². The van der Waals surface area contributed by atoms with Crippen LogP contribution in [-0.2, 0) is 10.0 Å². The van der Waals surface area contributed by atoms with Gasteiger partial charge < -0.3 is 14.2 Å². The number of hydrogen-bond donors (Lipinski definition) is 1. The molecule has 23 heavy (non-hydrogen) atoms. The van der Waals surface area contributed by atoms with E-state index >= 15 is 0 Å². The summed E-state index contributed by atoms with van der Waals surface area (Å²) in [5, 5.41) is -0.0632. The van der Waals surface area contributed by atoms with Crippen molar-refractivity contribution in [1.29, 1.82) is 0 Å². The van der Waals surface area contributed by atoms with E-state index in [0.29, 0.717) is 5.82 Å². The second-order valence-electron chi connectivity index (χ2n) is 5.35. The van der Waals surface area contributed by atoms with Crippen molar-refractivity contribution in [2.75, 3.05) is 30.8 Å². The molecule has 0 aromatic carbocycles. The van der Waals surface area contributed by atoms with Crippen LogP contribution in [0.3, 0.4) is 0 Å². The van der Waals surface area contributed by atoms with Gasteiger partial charge in [-0.15, -0.1) is 0 Å². The van der Waals surface area contributed by atoms with Gasteiger partial charge in [0.1, 0.15) is 5.69 Å². The van der Waals surface area contributed by atoms with E-state index in [-0.39, 0.29) is 22.8 Å². The molecule has 0 saturated carbocycles. The zero-order valence-corrected chi connectivity index (χ0v) is 14.5. The molecule has 0 unspecified atom stereocenters. The third-order valence-corrected chi connectivity index (χ3v) is 4.30. The van der Waals surface area contributed by atoms with E-state index in [4.69, 9.17) is 4.74 Å². The molecule has 1 N–H and O–H groups in total. The van der Waals surface area contributed by atoms with E-state index in [1.54, 1.807) is 23.6 Å². The van der Waals surface area contributed by atoms with E-state index < -0.39 is 10.0 Å². The van der Waals surface area contributed by atoms with Crippen molar-refractivity contribution in [3.05, 3.63) is 18.7 Å². The van der Waals surface area contributed by atoms with Gasteiger partial charge >= 0.3 is 6.01 Å². The lowest BCUT2D eigenvalue weighted by molar-refractivity contribution is 0.380. The molecule has 0 radical (unpaired) electrons. The lowest BCUT2D eigenvalue weighted by Crippen LogP contribution is -2.19. The Bertz CT molecular complexity index is 785. The highest BCUT2D eigenvalue weighted by Crippen LogP contribution is 2.25. The Labute approximate surface area is 135 Å². The molecule has 9 nitrogen and oxygen atoms in total. The maximum Gasteiger partial charge on any atom is 0.318 e. The molecule has 0 atom stereocenters. The van der Waals surface area contributed by atoms with Crippen LogP contribution >= 0.6 is 0 Å². The molecule has 2 rings (SSSR count). The number of rotatable bonds is 6. The minimum Gasteiger partial charge on any atom is -0.467 e. The number of hydrogen-bond acceptors (Lipinski definition) is 7. The smallest absolute Gasteiger partial charge is 0.318 e. The lowest BCUT2D eigenvalue weighted by atomic mass is 10.4. The van der Waals surface area contributed by atoms with Gasteiger partial charge in [-0.3, -0.25) is 4.72 Å². The van der Waals surface area contributed by atoms with Crippen LogP contribution in [0, 0.1) is 0 Å². The number of sulfonamides is 1. The predicted octanol–water partition coefficient (Wildman–Crippen LogP) is 1.13. The molecule has 10 heteroatoms. The highest BCUT2D eigenvalue weighted by atomic mass is 32.2. The number of imidazole rings is 1. The van der Waals surface area contributed by atoms with Crippen molar-refractivity contribution < 1.29 is 13.2 Å². The van der Waals surface area contributed by atoms with E-state index in [2.05, 4.69) is 19.7 Å². The Kier molecular flexibility index (Phi) is 4.73. The lowest BCUT2D eigenvalue weighted by Gasteiger charge is -2.16. The SMILES string of the molecule is COc1ncc(NS(=O)(=O)c2cn(C(C)C)cn2)c(N(C)C)n1. The largest absolute Gasteiger partial charge is 0.467 e. The van der Waals surface area contributed by atoms with Crippen LogP contribution < -0.4 is 14.4 Å². The Morgan fingerprint density at radius 2 is 2.00 bits per heavy atom. The van der Waals surface area contributed by atoms with Gasteiger partial charge in [0.05, 0.1) is 19.6 Å². The zero-order chi connectivity index (χ0) is 17.2. The molecule has 2 aromatic heterocycles. The molecule has 0 bridgehead atoms. The summed E-state index contributed by atoms with van der Waals surface area (Å²) in [5.74, 6) is 0.392. The van der Waals surface area contributed by atoms with Gasteiger partial charge in [0.15, 0.2) is 10.8 Å².